The first-order valence-electron chi connectivity index (χ1n) is 6.14. The smallest absolute Gasteiger partial charge is 0.243 e. The third kappa shape index (κ3) is 4.37. The number of hydrogen-bond acceptors (Lipinski definition) is 3. The van der Waals surface area contributed by atoms with E-state index in [4.69, 9.17) is 0 Å². The van der Waals surface area contributed by atoms with Crippen LogP contribution in [0.3, 0.4) is 0 Å². The summed E-state index contributed by atoms with van der Waals surface area (Å²) in [5.41, 5.74) is 0. The first kappa shape index (κ1) is 17.3. The maximum atomic E-state index is 13.4. The van der Waals surface area contributed by atoms with Crippen molar-refractivity contribution in [2.75, 3.05) is 19.6 Å². The molecule has 1 fully saturated rings. The van der Waals surface area contributed by atoms with E-state index in [0.717, 1.165) is 38.1 Å². The minimum Gasteiger partial charge on any atom is -0.316 e. The van der Waals surface area contributed by atoms with Crippen LogP contribution in [-0.2, 0) is 10.0 Å². The third-order valence-electron chi connectivity index (χ3n) is 3.14. The van der Waals surface area contributed by atoms with Gasteiger partial charge in [-0.3, -0.25) is 0 Å². The molecule has 0 amide bonds. The van der Waals surface area contributed by atoms with E-state index < -0.39 is 26.6 Å². The summed E-state index contributed by atoms with van der Waals surface area (Å²) in [6, 6.07) is 2.43. The van der Waals surface area contributed by atoms with Crippen LogP contribution >= 0.6 is 12.4 Å². The van der Waals surface area contributed by atoms with E-state index in [0.29, 0.717) is 6.07 Å². The molecule has 1 aliphatic heterocycles. The number of sulfonamides is 1. The molecule has 2 N–H and O–H groups in total. The van der Waals surface area contributed by atoms with Crippen molar-refractivity contribution >= 4 is 22.4 Å². The molecule has 1 aliphatic rings. The van der Waals surface area contributed by atoms with Crippen LogP contribution in [0.25, 0.3) is 0 Å². The first-order chi connectivity index (χ1) is 8.99. The fraction of sp³-hybridized carbons (Fsp3) is 0.500. The lowest BCUT2D eigenvalue weighted by Crippen LogP contribution is -2.38. The SMILES string of the molecule is Cl.O=S(=O)(NCC1CCCNC1)c1ccc(F)cc1F. The Kier molecular flexibility index (Phi) is 6.32. The zero-order valence-electron chi connectivity index (χ0n) is 10.7. The fourth-order valence-electron chi connectivity index (χ4n) is 2.10. The molecule has 0 bridgehead atoms. The molecule has 1 aromatic carbocycles. The lowest BCUT2D eigenvalue weighted by molar-refractivity contribution is 0.375. The predicted molar refractivity (Wildman–Crippen MR) is 74.4 cm³/mol. The topological polar surface area (TPSA) is 58.2 Å². The second-order valence-corrected chi connectivity index (χ2v) is 6.37. The van der Waals surface area contributed by atoms with Crippen LogP contribution < -0.4 is 10.0 Å². The largest absolute Gasteiger partial charge is 0.316 e. The van der Waals surface area contributed by atoms with Crippen LogP contribution in [-0.4, -0.2) is 28.1 Å². The standard InChI is InChI=1S/C12H16F2N2O2S.ClH/c13-10-3-4-12(11(14)6-10)19(17,18)16-8-9-2-1-5-15-7-9;/h3-4,6,9,15-16H,1-2,5,7-8H2;1H. The summed E-state index contributed by atoms with van der Waals surface area (Å²) in [5.74, 6) is -1.67. The van der Waals surface area contributed by atoms with Gasteiger partial charge < -0.3 is 5.32 Å². The van der Waals surface area contributed by atoms with Crippen molar-refractivity contribution in [3.63, 3.8) is 0 Å². The van der Waals surface area contributed by atoms with E-state index in [1.165, 1.54) is 0 Å². The van der Waals surface area contributed by atoms with Gasteiger partial charge in [0.05, 0.1) is 0 Å². The van der Waals surface area contributed by atoms with E-state index in [9.17, 15) is 17.2 Å². The van der Waals surface area contributed by atoms with Crippen molar-refractivity contribution in [3.05, 3.63) is 29.8 Å². The number of benzene rings is 1. The average molecular weight is 327 g/mol. The molecule has 1 atom stereocenters. The van der Waals surface area contributed by atoms with Gasteiger partial charge in [0.2, 0.25) is 10.0 Å². The molecule has 0 spiro atoms. The second kappa shape index (κ2) is 7.31. The Morgan fingerprint density at radius 2 is 2.10 bits per heavy atom. The van der Waals surface area contributed by atoms with Crippen molar-refractivity contribution in [3.8, 4) is 0 Å². The number of rotatable bonds is 4. The molecular formula is C12H17ClF2N2O2S. The fourth-order valence-corrected chi connectivity index (χ4v) is 3.27. The Hall–Kier alpha value is -0.760. The molecule has 20 heavy (non-hydrogen) atoms. The molecule has 0 radical (unpaired) electrons. The number of halogens is 3. The Morgan fingerprint density at radius 3 is 2.70 bits per heavy atom. The molecule has 1 heterocycles. The summed E-state index contributed by atoms with van der Waals surface area (Å²) in [5, 5.41) is 3.17. The third-order valence-corrected chi connectivity index (χ3v) is 4.60. The van der Waals surface area contributed by atoms with Gasteiger partial charge in [0.1, 0.15) is 16.5 Å². The van der Waals surface area contributed by atoms with Gasteiger partial charge in [-0.05, 0) is 44.0 Å². The number of hydrogen-bond donors (Lipinski definition) is 2. The van der Waals surface area contributed by atoms with Crippen LogP contribution in [0.1, 0.15) is 12.8 Å². The van der Waals surface area contributed by atoms with Gasteiger partial charge in [0, 0.05) is 12.6 Å². The zero-order chi connectivity index (χ0) is 13.9. The highest BCUT2D eigenvalue weighted by molar-refractivity contribution is 7.89. The van der Waals surface area contributed by atoms with Gasteiger partial charge in [-0.2, -0.15) is 0 Å². The molecule has 8 heteroatoms. The molecule has 1 saturated heterocycles. The first-order valence-corrected chi connectivity index (χ1v) is 7.63. The quantitative estimate of drug-likeness (QED) is 0.885. The van der Waals surface area contributed by atoms with Gasteiger partial charge in [-0.25, -0.2) is 21.9 Å². The van der Waals surface area contributed by atoms with Crippen molar-refractivity contribution < 1.29 is 17.2 Å². The van der Waals surface area contributed by atoms with E-state index in [-0.39, 0.29) is 24.9 Å². The lowest BCUT2D eigenvalue weighted by atomic mass is 10.0. The molecule has 114 valence electrons. The Bertz CT molecular complexity index is 548. The molecule has 4 nitrogen and oxygen atoms in total. The van der Waals surface area contributed by atoms with E-state index in [2.05, 4.69) is 10.0 Å². The molecule has 0 saturated carbocycles. The monoisotopic (exact) mass is 326 g/mol. The molecule has 2 rings (SSSR count). The number of piperidine rings is 1. The normalized spacial score (nSPS) is 19.4. The molecule has 0 aliphatic carbocycles. The van der Waals surface area contributed by atoms with Crippen LogP contribution in [0, 0.1) is 17.6 Å². The summed E-state index contributed by atoms with van der Waals surface area (Å²) in [7, 11) is -3.93. The predicted octanol–water partition coefficient (Wildman–Crippen LogP) is 1.66. The van der Waals surface area contributed by atoms with E-state index >= 15 is 0 Å². The Morgan fingerprint density at radius 1 is 1.35 bits per heavy atom. The minimum absolute atomic E-state index is 0. The second-order valence-electron chi connectivity index (χ2n) is 4.64. The Labute approximate surface area is 123 Å². The molecule has 1 unspecified atom stereocenters. The number of nitrogens with one attached hydrogen (secondary N) is 2. The highest BCUT2D eigenvalue weighted by atomic mass is 35.5. The van der Waals surface area contributed by atoms with E-state index in [1.54, 1.807) is 0 Å². The summed E-state index contributed by atoms with van der Waals surface area (Å²) in [6.45, 7) is 1.94. The van der Waals surface area contributed by atoms with Gasteiger partial charge >= 0.3 is 0 Å². The van der Waals surface area contributed by atoms with Crippen molar-refractivity contribution in [1.29, 1.82) is 0 Å². The zero-order valence-corrected chi connectivity index (χ0v) is 12.4. The summed E-state index contributed by atoms with van der Waals surface area (Å²) >= 11 is 0. The summed E-state index contributed by atoms with van der Waals surface area (Å²) in [4.78, 5) is -0.516. The van der Waals surface area contributed by atoms with Gasteiger partial charge in [-0.1, -0.05) is 0 Å². The maximum absolute atomic E-state index is 13.4. The van der Waals surface area contributed by atoms with Crippen molar-refractivity contribution in [2.45, 2.75) is 17.7 Å². The molecular weight excluding hydrogens is 310 g/mol. The average Bonchev–Trinajstić information content (AvgIpc) is 2.37. The lowest BCUT2D eigenvalue weighted by Gasteiger charge is -2.22. The highest BCUT2D eigenvalue weighted by Crippen LogP contribution is 2.16. The van der Waals surface area contributed by atoms with E-state index in [1.807, 2.05) is 0 Å². The van der Waals surface area contributed by atoms with Crippen LogP contribution in [0.15, 0.2) is 23.1 Å². The Balaban J connectivity index is 0.00000200. The maximum Gasteiger partial charge on any atom is 0.243 e. The van der Waals surface area contributed by atoms with Crippen LogP contribution in [0.5, 0.6) is 0 Å². The molecule has 0 aromatic heterocycles. The highest BCUT2D eigenvalue weighted by Gasteiger charge is 2.21. The molecule has 1 aromatic rings. The van der Waals surface area contributed by atoms with Crippen molar-refractivity contribution in [1.82, 2.24) is 10.0 Å². The van der Waals surface area contributed by atoms with Crippen LogP contribution in [0.4, 0.5) is 8.78 Å². The summed E-state index contributed by atoms with van der Waals surface area (Å²) in [6.07, 6.45) is 1.93. The summed E-state index contributed by atoms with van der Waals surface area (Å²) < 4.78 is 52.4. The van der Waals surface area contributed by atoms with Crippen LogP contribution in [0.2, 0.25) is 0 Å². The van der Waals surface area contributed by atoms with Gasteiger partial charge in [0.25, 0.3) is 0 Å². The van der Waals surface area contributed by atoms with Crippen molar-refractivity contribution in [2.24, 2.45) is 5.92 Å². The van der Waals surface area contributed by atoms with Gasteiger partial charge in [-0.15, -0.1) is 12.4 Å². The van der Waals surface area contributed by atoms with Gasteiger partial charge in [0.15, 0.2) is 0 Å². The minimum atomic E-state index is -3.93.